The van der Waals surface area contributed by atoms with Gasteiger partial charge in [0.05, 0.1) is 35.4 Å². The lowest BCUT2D eigenvalue weighted by Gasteiger charge is -2.23. The number of benzene rings is 3. The van der Waals surface area contributed by atoms with Crippen molar-refractivity contribution in [2.24, 2.45) is 5.73 Å². The number of rotatable bonds is 11. The maximum Gasteiger partial charge on any atom is 0.251 e. The van der Waals surface area contributed by atoms with E-state index >= 15 is 0 Å². The van der Waals surface area contributed by atoms with E-state index in [1.54, 1.807) is 37.4 Å². The van der Waals surface area contributed by atoms with Gasteiger partial charge in [-0.15, -0.1) is 5.10 Å². The standard InChI is InChI=1S/C30H35FN6O3S/c1-5-15-37(41(4,39)40)27-17-24(29(38)33-21(2)23-11-13-25(31)14-12-23)16-26(18-27)36-20-28(34-35-36)30(3,32)19-22-9-7-6-8-10-22/h6-14,16-18,20-21H,5,15,19,32H2,1-4H3,(H,33,38)/t21-,30+/m1/s1. The smallest absolute Gasteiger partial charge is 0.251 e. The number of sulfonamides is 1. The van der Waals surface area contributed by atoms with Gasteiger partial charge in [0.1, 0.15) is 11.5 Å². The second kappa shape index (κ2) is 12.2. The molecule has 3 N–H and O–H groups in total. The molecule has 4 aromatic rings. The minimum atomic E-state index is -3.64. The number of carbonyl (C=O) groups excluding carboxylic acids is 1. The summed E-state index contributed by atoms with van der Waals surface area (Å²) in [7, 11) is -3.64. The summed E-state index contributed by atoms with van der Waals surface area (Å²) in [5, 5.41) is 11.5. The molecule has 0 spiro atoms. The zero-order valence-corrected chi connectivity index (χ0v) is 24.4. The van der Waals surface area contributed by atoms with Gasteiger partial charge >= 0.3 is 0 Å². The number of nitrogens with zero attached hydrogens (tertiary/aromatic N) is 4. The summed E-state index contributed by atoms with van der Waals surface area (Å²) in [4.78, 5) is 13.4. The summed E-state index contributed by atoms with van der Waals surface area (Å²) in [5.74, 6) is -0.797. The summed E-state index contributed by atoms with van der Waals surface area (Å²) >= 11 is 0. The second-order valence-electron chi connectivity index (χ2n) is 10.4. The molecule has 1 amide bonds. The Bertz CT molecular complexity index is 1600. The fraction of sp³-hybridized carbons (Fsp3) is 0.300. The van der Waals surface area contributed by atoms with E-state index < -0.39 is 27.5 Å². The second-order valence-corrected chi connectivity index (χ2v) is 12.4. The molecular weight excluding hydrogens is 543 g/mol. The number of carbonyl (C=O) groups is 1. The summed E-state index contributed by atoms with van der Waals surface area (Å²) in [6, 6.07) is 20.1. The van der Waals surface area contributed by atoms with Crippen LogP contribution in [0.5, 0.6) is 0 Å². The Morgan fingerprint density at radius 2 is 1.80 bits per heavy atom. The summed E-state index contributed by atoms with van der Waals surface area (Å²) in [5.41, 5.74) is 9.12. The molecule has 0 saturated heterocycles. The number of nitrogens with one attached hydrogen (secondary N) is 1. The molecule has 1 heterocycles. The monoisotopic (exact) mass is 578 g/mol. The summed E-state index contributed by atoms with van der Waals surface area (Å²) in [6.07, 6.45) is 3.91. The van der Waals surface area contributed by atoms with E-state index in [0.717, 1.165) is 17.4 Å². The normalized spacial score (nSPS) is 13.8. The number of halogens is 1. The zero-order valence-electron chi connectivity index (χ0n) is 23.6. The topological polar surface area (TPSA) is 123 Å². The molecule has 0 saturated carbocycles. The molecule has 11 heteroatoms. The molecular formula is C30H35FN6O3S. The molecule has 0 unspecified atom stereocenters. The van der Waals surface area contributed by atoms with Gasteiger partial charge in [0.15, 0.2) is 0 Å². The first-order chi connectivity index (χ1) is 19.4. The molecule has 4 rings (SSSR count). The third-order valence-corrected chi connectivity index (χ3v) is 7.95. The first kappa shape index (κ1) is 29.9. The van der Waals surface area contributed by atoms with Crippen molar-refractivity contribution in [3.8, 4) is 5.69 Å². The maximum absolute atomic E-state index is 13.4. The average molecular weight is 579 g/mol. The van der Waals surface area contributed by atoms with E-state index in [9.17, 15) is 17.6 Å². The average Bonchev–Trinajstić information content (AvgIpc) is 3.43. The van der Waals surface area contributed by atoms with E-state index in [1.165, 1.54) is 27.2 Å². The maximum atomic E-state index is 13.4. The van der Waals surface area contributed by atoms with Crippen molar-refractivity contribution in [1.82, 2.24) is 20.3 Å². The summed E-state index contributed by atoms with van der Waals surface area (Å²) in [6.45, 7) is 5.76. The van der Waals surface area contributed by atoms with Crippen LogP contribution in [0.15, 0.2) is 79.0 Å². The Labute approximate surface area is 240 Å². The van der Waals surface area contributed by atoms with Crippen molar-refractivity contribution < 1.29 is 17.6 Å². The molecule has 0 aliphatic carbocycles. The predicted molar refractivity (Wildman–Crippen MR) is 158 cm³/mol. The Morgan fingerprint density at radius 3 is 2.44 bits per heavy atom. The van der Waals surface area contributed by atoms with Gasteiger partial charge in [-0.05, 0) is 68.1 Å². The third kappa shape index (κ3) is 7.36. The number of amides is 1. The van der Waals surface area contributed by atoms with Crippen LogP contribution in [0.3, 0.4) is 0 Å². The van der Waals surface area contributed by atoms with Crippen molar-refractivity contribution in [2.75, 3.05) is 17.1 Å². The van der Waals surface area contributed by atoms with Crippen LogP contribution in [0, 0.1) is 5.82 Å². The lowest BCUT2D eigenvalue weighted by Crippen LogP contribution is -2.36. The quantitative estimate of drug-likeness (QED) is 0.270. The van der Waals surface area contributed by atoms with Gasteiger partial charge in [0, 0.05) is 12.1 Å². The highest BCUT2D eigenvalue weighted by molar-refractivity contribution is 7.92. The minimum absolute atomic E-state index is 0.230. The highest BCUT2D eigenvalue weighted by Gasteiger charge is 2.27. The Morgan fingerprint density at radius 1 is 1.12 bits per heavy atom. The van der Waals surface area contributed by atoms with Gasteiger partial charge in [-0.3, -0.25) is 9.10 Å². The Balaban J connectivity index is 1.71. The van der Waals surface area contributed by atoms with Crippen molar-refractivity contribution in [2.45, 2.75) is 45.2 Å². The fourth-order valence-corrected chi connectivity index (χ4v) is 5.57. The molecule has 0 bridgehead atoms. The van der Waals surface area contributed by atoms with Gasteiger partial charge in [-0.2, -0.15) is 0 Å². The molecule has 1 aromatic heterocycles. The first-order valence-corrected chi connectivity index (χ1v) is 15.2. The lowest BCUT2D eigenvalue weighted by atomic mass is 9.91. The molecule has 9 nitrogen and oxygen atoms in total. The molecule has 3 aromatic carbocycles. The van der Waals surface area contributed by atoms with Crippen LogP contribution >= 0.6 is 0 Å². The first-order valence-electron chi connectivity index (χ1n) is 13.3. The Kier molecular flexibility index (Phi) is 8.89. The molecule has 0 aliphatic heterocycles. The van der Waals surface area contributed by atoms with Crippen LogP contribution in [0.1, 0.15) is 60.4 Å². The van der Waals surface area contributed by atoms with Crippen molar-refractivity contribution in [1.29, 1.82) is 0 Å². The van der Waals surface area contributed by atoms with Crippen LogP contribution in [-0.2, 0) is 22.0 Å². The lowest BCUT2D eigenvalue weighted by molar-refractivity contribution is 0.0940. The Hall–Kier alpha value is -4.09. The van der Waals surface area contributed by atoms with Crippen molar-refractivity contribution >= 4 is 21.6 Å². The highest BCUT2D eigenvalue weighted by Crippen LogP contribution is 2.27. The van der Waals surface area contributed by atoms with E-state index in [1.807, 2.05) is 44.2 Å². The van der Waals surface area contributed by atoms with E-state index in [2.05, 4.69) is 15.6 Å². The van der Waals surface area contributed by atoms with Gasteiger partial charge in [0.2, 0.25) is 10.0 Å². The minimum Gasteiger partial charge on any atom is -0.346 e. The van der Waals surface area contributed by atoms with E-state index in [-0.39, 0.29) is 17.9 Å². The SMILES string of the molecule is CCCN(c1cc(C(=O)N[C@H](C)c2ccc(F)cc2)cc(-n2cc([C@@](C)(N)Cc3ccccc3)nn2)c1)S(C)(=O)=O. The largest absolute Gasteiger partial charge is 0.346 e. The van der Waals surface area contributed by atoms with Crippen molar-refractivity contribution in [3.63, 3.8) is 0 Å². The van der Waals surface area contributed by atoms with Gasteiger partial charge in [-0.1, -0.05) is 54.6 Å². The van der Waals surface area contributed by atoms with Crippen molar-refractivity contribution in [3.05, 3.63) is 107 Å². The van der Waals surface area contributed by atoms with Crippen LogP contribution in [0.25, 0.3) is 5.69 Å². The molecule has 216 valence electrons. The third-order valence-electron chi connectivity index (χ3n) is 6.75. The van der Waals surface area contributed by atoms with Crippen LogP contribution in [0.4, 0.5) is 10.1 Å². The molecule has 41 heavy (non-hydrogen) atoms. The van der Waals surface area contributed by atoms with Gasteiger partial charge in [0.25, 0.3) is 5.91 Å². The number of hydrogen-bond donors (Lipinski definition) is 2. The van der Waals surface area contributed by atoms with Crippen LogP contribution < -0.4 is 15.4 Å². The van der Waals surface area contributed by atoms with Crippen LogP contribution in [0.2, 0.25) is 0 Å². The number of nitrogens with two attached hydrogens (primary N) is 1. The van der Waals surface area contributed by atoms with Gasteiger partial charge in [-0.25, -0.2) is 17.5 Å². The summed E-state index contributed by atoms with van der Waals surface area (Å²) < 4.78 is 41.5. The van der Waals surface area contributed by atoms with Gasteiger partial charge < -0.3 is 11.1 Å². The number of anilines is 1. The van der Waals surface area contributed by atoms with E-state index in [4.69, 9.17) is 5.73 Å². The zero-order chi connectivity index (χ0) is 29.8. The van der Waals surface area contributed by atoms with Crippen LogP contribution in [-0.4, -0.2) is 42.1 Å². The molecule has 0 fully saturated rings. The highest BCUT2D eigenvalue weighted by atomic mass is 32.2. The number of hydrogen-bond acceptors (Lipinski definition) is 6. The van der Waals surface area contributed by atoms with E-state index in [0.29, 0.717) is 29.9 Å². The number of aromatic nitrogens is 3. The molecule has 0 radical (unpaired) electrons. The fourth-order valence-electron chi connectivity index (χ4n) is 4.57. The molecule has 2 atom stereocenters. The molecule has 0 aliphatic rings. The predicted octanol–water partition coefficient (Wildman–Crippen LogP) is 4.49.